The number of methoxy groups -OCH3 is 1. The Labute approximate surface area is 127 Å². The zero-order valence-corrected chi connectivity index (χ0v) is 12.2. The van der Waals surface area contributed by atoms with Gasteiger partial charge in [0.15, 0.2) is 0 Å². The Morgan fingerprint density at radius 1 is 1.24 bits per heavy atom. The van der Waals surface area contributed by atoms with Crippen molar-refractivity contribution in [1.29, 1.82) is 0 Å². The second-order valence-electron chi connectivity index (χ2n) is 4.68. The van der Waals surface area contributed by atoms with Gasteiger partial charge in [-0.05, 0) is 23.8 Å². The summed E-state index contributed by atoms with van der Waals surface area (Å²) >= 11 is 6.07. The molecule has 5 heteroatoms. The lowest BCUT2D eigenvalue weighted by molar-refractivity contribution is 0.414. The van der Waals surface area contributed by atoms with Gasteiger partial charge in [0.2, 0.25) is 0 Å². The van der Waals surface area contributed by atoms with Gasteiger partial charge in [-0.25, -0.2) is 5.43 Å². The zero-order valence-electron chi connectivity index (χ0n) is 11.5. The highest BCUT2D eigenvalue weighted by Gasteiger charge is 2.19. The minimum Gasteiger partial charge on any atom is -0.495 e. The molecular weight excluding hydrogens is 288 g/mol. The summed E-state index contributed by atoms with van der Waals surface area (Å²) in [7, 11) is 1.59. The number of para-hydroxylation sites is 1. The van der Waals surface area contributed by atoms with Crippen LogP contribution in [0.4, 0.5) is 0 Å². The van der Waals surface area contributed by atoms with Crippen LogP contribution >= 0.6 is 11.6 Å². The highest BCUT2D eigenvalue weighted by molar-refractivity contribution is 6.32. The van der Waals surface area contributed by atoms with Crippen LogP contribution in [0.25, 0.3) is 11.0 Å². The molecule has 0 spiro atoms. The number of hydrogen-bond donors (Lipinski definition) is 2. The Morgan fingerprint density at radius 2 is 2.05 bits per heavy atom. The van der Waals surface area contributed by atoms with Gasteiger partial charge in [-0.1, -0.05) is 35.9 Å². The highest BCUT2D eigenvalue weighted by Crippen LogP contribution is 2.33. The van der Waals surface area contributed by atoms with Crippen molar-refractivity contribution in [3.05, 3.63) is 64.9 Å². The number of halogens is 1. The van der Waals surface area contributed by atoms with Gasteiger partial charge >= 0.3 is 0 Å². The maximum absolute atomic E-state index is 6.07. The minimum atomic E-state index is -0.209. The maximum Gasteiger partial charge on any atom is 0.137 e. The molecule has 0 saturated heterocycles. The van der Waals surface area contributed by atoms with Crippen molar-refractivity contribution in [1.82, 2.24) is 5.43 Å². The van der Waals surface area contributed by atoms with E-state index in [-0.39, 0.29) is 6.04 Å². The lowest BCUT2D eigenvalue weighted by Gasteiger charge is -2.16. The fraction of sp³-hybridized carbons (Fsp3) is 0.125. The van der Waals surface area contributed by atoms with Gasteiger partial charge in [-0.2, -0.15) is 0 Å². The number of benzene rings is 2. The monoisotopic (exact) mass is 302 g/mol. The molecule has 0 fully saturated rings. The molecule has 21 heavy (non-hydrogen) atoms. The van der Waals surface area contributed by atoms with Crippen LogP contribution < -0.4 is 16.0 Å². The van der Waals surface area contributed by atoms with Gasteiger partial charge < -0.3 is 9.15 Å². The van der Waals surface area contributed by atoms with E-state index in [1.165, 1.54) is 0 Å². The topological polar surface area (TPSA) is 60.4 Å². The molecule has 108 valence electrons. The average molecular weight is 303 g/mol. The van der Waals surface area contributed by atoms with Crippen LogP contribution in [-0.4, -0.2) is 7.11 Å². The Bertz CT molecular complexity index is 770. The summed E-state index contributed by atoms with van der Waals surface area (Å²) in [5, 5.41) is 1.59. The molecule has 0 saturated carbocycles. The zero-order chi connectivity index (χ0) is 14.8. The number of fused-ring (bicyclic) bond motifs is 1. The molecule has 2 aromatic carbocycles. The van der Waals surface area contributed by atoms with Gasteiger partial charge in [0, 0.05) is 10.9 Å². The number of hydrazine groups is 1. The minimum absolute atomic E-state index is 0.209. The van der Waals surface area contributed by atoms with Crippen LogP contribution in [0.2, 0.25) is 5.02 Å². The molecule has 0 aliphatic carbocycles. The third-order valence-electron chi connectivity index (χ3n) is 3.50. The van der Waals surface area contributed by atoms with Crippen LogP contribution in [0, 0.1) is 0 Å². The number of furan rings is 1. The van der Waals surface area contributed by atoms with E-state index in [0.717, 1.165) is 22.1 Å². The van der Waals surface area contributed by atoms with Crippen LogP contribution in [0.5, 0.6) is 5.75 Å². The van der Waals surface area contributed by atoms with Crippen LogP contribution in [0.1, 0.15) is 17.2 Å². The van der Waals surface area contributed by atoms with Crippen molar-refractivity contribution in [2.24, 2.45) is 5.84 Å². The molecule has 1 unspecified atom stereocenters. The number of nitrogens with two attached hydrogens (primary N) is 1. The first-order valence-electron chi connectivity index (χ1n) is 6.50. The molecule has 0 aliphatic rings. The van der Waals surface area contributed by atoms with E-state index in [1.807, 2.05) is 36.4 Å². The fourth-order valence-electron chi connectivity index (χ4n) is 2.44. The Balaban J connectivity index is 2.10. The van der Waals surface area contributed by atoms with E-state index < -0.39 is 0 Å². The van der Waals surface area contributed by atoms with Crippen molar-refractivity contribution in [2.45, 2.75) is 6.04 Å². The van der Waals surface area contributed by atoms with Crippen LogP contribution in [0.3, 0.4) is 0 Å². The number of rotatable bonds is 4. The van der Waals surface area contributed by atoms with E-state index in [0.29, 0.717) is 10.8 Å². The summed E-state index contributed by atoms with van der Waals surface area (Å²) in [5.74, 6) is 6.36. The van der Waals surface area contributed by atoms with Crippen molar-refractivity contribution in [3.63, 3.8) is 0 Å². The van der Waals surface area contributed by atoms with Crippen molar-refractivity contribution in [3.8, 4) is 5.75 Å². The largest absolute Gasteiger partial charge is 0.495 e. The number of nitrogens with one attached hydrogen (secondary N) is 1. The first-order chi connectivity index (χ1) is 10.2. The quantitative estimate of drug-likeness (QED) is 0.570. The summed E-state index contributed by atoms with van der Waals surface area (Å²) < 4.78 is 10.8. The van der Waals surface area contributed by atoms with Gasteiger partial charge in [0.25, 0.3) is 0 Å². The first kappa shape index (κ1) is 13.9. The van der Waals surface area contributed by atoms with Gasteiger partial charge in [-0.3, -0.25) is 5.84 Å². The van der Waals surface area contributed by atoms with Crippen molar-refractivity contribution < 1.29 is 9.15 Å². The average Bonchev–Trinajstić information content (AvgIpc) is 2.94. The van der Waals surface area contributed by atoms with Crippen LogP contribution in [-0.2, 0) is 0 Å². The van der Waals surface area contributed by atoms with Gasteiger partial charge in [0.05, 0.1) is 24.4 Å². The Morgan fingerprint density at radius 3 is 2.81 bits per heavy atom. The molecule has 3 rings (SSSR count). The molecule has 1 atom stereocenters. The molecule has 1 heterocycles. The predicted octanol–water partition coefficient (Wildman–Crippen LogP) is 3.65. The van der Waals surface area contributed by atoms with Gasteiger partial charge in [0.1, 0.15) is 11.3 Å². The van der Waals surface area contributed by atoms with E-state index in [1.54, 1.807) is 19.4 Å². The van der Waals surface area contributed by atoms with Crippen molar-refractivity contribution in [2.75, 3.05) is 7.11 Å². The summed E-state index contributed by atoms with van der Waals surface area (Å²) in [4.78, 5) is 0. The Kier molecular flexibility index (Phi) is 3.84. The SMILES string of the molecule is COc1cc(C(NN)c2coc3ccccc23)ccc1Cl. The van der Waals surface area contributed by atoms with E-state index in [4.69, 9.17) is 26.6 Å². The normalized spacial score (nSPS) is 12.5. The van der Waals surface area contributed by atoms with Crippen LogP contribution in [0.15, 0.2) is 53.1 Å². The van der Waals surface area contributed by atoms with E-state index in [2.05, 4.69) is 5.43 Å². The Hall–Kier alpha value is -2.01. The lowest BCUT2D eigenvalue weighted by atomic mass is 9.98. The molecule has 0 bridgehead atoms. The van der Waals surface area contributed by atoms with E-state index in [9.17, 15) is 0 Å². The fourth-order valence-corrected chi connectivity index (χ4v) is 2.64. The molecule has 0 aliphatic heterocycles. The molecule has 0 amide bonds. The second-order valence-corrected chi connectivity index (χ2v) is 5.09. The summed E-state index contributed by atoms with van der Waals surface area (Å²) in [5.41, 5.74) is 5.57. The summed E-state index contributed by atoms with van der Waals surface area (Å²) in [6.45, 7) is 0. The summed E-state index contributed by atoms with van der Waals surface area (Å²) in [6, 6.07) is 13.2. The maximum atomic E-state index is 6.07. The third-order valence-corrected chi connectivity index (χ3v) is 3.81. The second kappa shape index (κ2) is 5.77. The smallest absolute Gasteiger partial charge is 0.137 e. The highest BCUT2D eigenvalue weighted by atomic mass is 35.5. The third kappa shape index (κ3) is 2.49. The lowest BCUT2D eigenvalue weighted by Crippen LogP contribution is -2.28. The molecular formula is C16H15ClN2O2. The molecule has 0 radical (unpaired) electrons. The molecule has 3 aromatic rings. The molecule has 4 nitrogen and oxygen atoms in total. The number of ether oxygens (including phenoxy) is 1. The molecule has 1 aromatic heterocycles. The molecule has 3 N–H and O–H groups in total. The van der Waals surface area contributed by atoms with Crippen molar-refractivity contribution >= 4 is 22.6 Å². The summed E-state index contributed by atoms with van der Waals surface area (Å²) in [6.07, 6.45) is 1.72. The first-order valence-corrected chi connectivity index (χ1v) is 6.88. The number of hydrogen-bond acceptors (Lipinski definition) is 4. The van der Waals surface area contributed by atoms with Gasteiger partial charge in [-0.15, -0.1) is 0 Å². The predicted molar refractivity (Wildman–Crippen MR) is 83.4 cm³/mol. The standard InChI is InChI=1S/C16H15ClN2O2/c1-20-15-8-10(6-7-13(15)17)16(19-18)12-9-21-14-5-3-2-4-11(12)14/h2-9,16,19H,18H2,1H3. The van der Waals surface area contributed by atoms with E-state index >= 15 is 0 Å².